The van der Waals surface area contributed by atoms with Gasteiger partial charge in [-0.2, -0.15) is 0 Å². The number of hydrogen-bond donors (Lipinski definition) is 1. The topological polar surface area (TPSA) is 42.4 Å². The number of hydrogen-bond acceptors (Lipinski definition) is 3. The van der Waals surface area contributed by atoms with E-state index in [2.05, 4.69) is 41.3 Å². The third-order valence-corrected chi connectivity index (χ3v) is 6.62. The van der Waals surface area contributed by atoms with E-state index in [9.17, 15) is 13.2 Å². The number of likely N-dealkylation sites (tertiary alicyclic amines) is 1. The summed E-state index contributed by atoms with van der Waals surface area (Å²) >= 11 is 0. The lowest BCUT2D eigenvalue weighted by molar-refractivity contribution is -0.0548. The first-order valence-electron chi connectivity index (χ1n) is 11.6. The van der Waals surface area contributed by atoms with E-state index in [1.165, 1.54) is 17.7 Å². The Hall–Kier alpha value is -3.09. The van der Waals surface area contributed by atoms with E-state index in [0.717, 1.165) is 46.2 Å². The highest BCUT2D eigenvalue weighted by Crippen LogP contribution is 2.36. The van der Waals surface area contributed by atoms with Gasteiger partial charge in [-0.15, -0.1) is 0 Å². The predicted molar refractivity (Wildman–Crippen MR) is 129 cm³/mol. The van der Waals surface area contributed by atoms with E-state index in [0.29, 0.717) is 25.4 Å². The van der Waals surface area contributed by atoms with Crippen LogP contribution in [0, 0.1) is 5.82 Å². The molecule has 0 amide bonds. The quantitative estimate of drug-likeness (QED) is 0.348. The molecule has 5 rings (SSSR count). The zero-order chi connectivity index (χ0) is 23.7. The van der Waals surface area contributed by atoms with Crippen molar-refractivity contribution in [1.29, 1.82) is 0 Å². The summed E-state index contributed by atoms with van der Waals surface area (Å²) in [5.74, 6) is -2.10. The normalized spacial score (nSPS) is 16.2. The smallest absolute Gasteiger partial charge is 0.250 e. The summed E-state index contributed by atoms with van der Waals surface area (Å²) in [6, 6.07) is 20.8. The van der Waals surface area contributed by atoms with Gasteiger partial charge in [0.25, 0.3) is 5.92 Å². The fourth-order valence-corrected chi connectivity index (χ4v) is 4.57. The van der Waals surface area contributed by atoms with Gasteiger partial charge in [-0.25, -0.2) is 13.2 Å². The van der Waals surface area contributed by atoms with Crippen LogP contribution < -0.4 is 5.73 Å². The molecule has 0 unspecified atom stereocenters. The first kappa shape index (κ1) is 22.7. The van der Waals surface area contributed by atoms with Crippen LogP contribution in [0.15, 0.2) is 71.1 Å². The van der Waals surface area contributed by atoms with Crippen molar-refractivity contribution in [3.05, 3.63) is 83.9 Å². The highest BCUT2D eigenvalue weighted by Gasteiger charge is 2.33. The molecule has 6 heteroatoms. The van der Waals surface area contributed by atoms with Crippen molar-refractivity contribution in [2.24, 2.45) is 5.73 Å². The third kappa shape index (κ3) is 4.88. The van der Waals surface area contributed by atoms with Gasteiger partial charge in [-0.3, -0.25) is 0 Å². The molecule has 0 spiro atoms. The minimum Gasteiger partial charge on any atom is -0.459 e. The van der Waals surface area contributed by atoms with E-state index in [-0.39, 0.29) is 18.7 Å². The summed E-state index contributed by atoms with van der Waals surface area (Å²) < 4.78 is 46.2. The molecule has 3 aromatic carbocycles. The van der Waals surface area contributed by atoms with Crippen LogP contribution in [0.25, 0.3) is 33.2 Å². The molecule has 0 atom stereocenters. The van der Waals surface area contributed by atoms with Crippen molar-refractivity contribution >= 4 is 11.0 Å². The average Bonchev–Trinajstić information content (AvgIpc) is 3.27. The van der Waals surface area contributed by atoms with E-state index >= 15 is 0 Å². The second-order valence-electron chi connectivity index (χ2n) is 9.01. The maximum atomic E-state index is 13.5. The summed E-state index contributed by atoms with van der Waals surface area (Å²) in [5.41, 5.74) is 11.6. The number of halogens is 3. The monoisotopic (exact) mass is 464 g/mol. The van der Waals surface area contributed by atoms with Crippen LogP contribution in [0.5, 0.6) is 0 Å². The van der Waals surface area contributed by atoms with Crippen molar-refractivity contribution in [2.75, 3.05) is 19.6 Å². The summed E-state index contributed by atoms with van der Waals surface area (Å²) in [6.45, 7) is 1.99. The molecular formula is C28H27F3N2O. The Morgan fingerprint density at radius 2 is 1.53 bits per heavy atom. The second kappa shape index (κ2) is 9.28. The van der Waals surface area contributed by atoms with Gasteiger partial charge in [-0.05, 0) is 59.0 Å². The lowest BCUT2D eigenvalue weighted by Gasteiger charge is -2.31. The molecule has 4 aromatic rings. The summed E-state index contributed by atoms with van der Waals surface area (Å²) in [4.78, 5) is 2.11. The Morgan fingerprint density at radius 3 is 2.21 bits per heavy atom. The lowest BCUT2D eigenvalue weighted by Crippen LogP contribution is -2.40. The van der Waals surface area contributed by atoms with Crippen molar-refractivity contribution < 1.29 is 17.6 Å². The molecule has 1 aliphatic rings. The lowest BCUT2D eigenvalue weighted by atomic mass is 9.96. The molecule has 0 radical (unpaired) electrons. The first-order chi connectivity index (χ1) is 16.4. The van der Waals surface area contributed by atoms with Gasteiger partial charge in [0, 0.05) is 43.4 Å². The molecule has 1 saturated heterocycles. The molecule has 0 aliphatic carbocycles. The number of alkyl halides is 2. The summed E-state index contributed by atoms with van der Waals surface area (Å²) in [6.07, 6.45) is 0.725. The maximum absolute atomic E-state index is 13.5. The fourth-order valence-electron chi connectivity index (χ4n) is 4.57. The molecule has 2 N–H and O–H groups in total. The average molecular weight is 465 g/mol. The molecule has 3 nitrogen and oxygen atoms in total. The van der Waals surface area contributed by atoms with E-state index in [1.807, 2.05) is 6.07 Å². The maximum Gasteiger partial charge on any atom is 0.250 e. The standard InChI is InChI=1S/C28H27F3N2O/c29-24-7-5-21(6-8-24)26-17-22(15-23-16-25(18-32)34-27(23)26)20-3-1-19(2-4-20)9-12-33-13-10-28(30,31)11-14-33/h1-8,15-17H,9-14,18,32H2. The highest BCUT2D eigenvalue weighted by atomic mass is 19.3. The van der Waals surface area contributed by atoms with Gasteiger partial charge < -0.3 is 15.1 Å². The summed E-state index contributed by atoms with van der Waals surface area (Å²) in [5, 5.41) is 0.947. The largest absolute Gasteiger partial charge is 0.459 e. The van der Waals surface area contributed by atoms with Crippen LogP contribution in [-0.4, -0.2) is 30.5 Å². The van der Waals surface area contributed by atoms with E-state index in [4.69, 9.17) is 10.2 Å². The van der Waals surface area contributed by atoms with Gasteiger partial charge in [0.15, 0.2) is 0 Å². The Morgan fingerprint density at radius 1 is 0.853 bits per heavy atom. The number of nitrogens with two attached hydrogens (primary N) is 1. The molecule has 2 heterocycles. The number of fused-ring (bicyclic) bond motifs is 1. The highest BCUT2D eigenvalue weighted by molar-refractivity contribution is 5.97. The zero-order valence-corrected chi connectivity index (χ0v) is 18.9. The Balaban J connectivity index is 1.39. The van der Waals surface area contributed by atoms with Gasteiger partial charge >= 0.3 is 0 Å². The Kier molecular flexibility index (Phi) is 6.19. The fraction of sp³-hybridized carbons (Fsp3) is 0.286. The van der Waals surface area contributed by atoms with Crippen molar-refractivity contribution in [3.8, 4) is 22.3 Å². The van der Waals surface area contributed by atoms with Crippen LogP contribution in [0.1, 0.15) is 24.2 Å². The van der Waals surface area contributed by atoms with E-state index in [1.54, 1.807) is 12.1 Å². The van der Waals surface area contributed by atoms with Crippen LogP contribution in [0.4, 0.5) is 13.2 Å². The minimum absolute atomic E-state index is 0.0509. The first-order valence-corrected chi connectivity index (χ1v) is 11.6. The molecule has 0 saturated carbocycles. The Bertz CT molecular complexity index is 1270. The minimum atomic E-state index is -2.51. The third-order valence-electron chi connectivity index (χ3n) is 6.62. The van der Waals surface area contributed by atoms with Crippen molar-refractivity contribution in [3.63, 3.8) is 0 Å². The molecule has 176 valence electrons. The van der Waals surface area contributed by atoms with Crippen LogP contribution in [0.3, 0.4) is 0 Å². The van der Waals surface area contributed by atoms with Crippen LogP contribution >= 0.6 is 0 Å². The molecule has 1 aliphatic heterocycles. The van der Waals surface area contributed by atoms with E-state index < -0.39 is 5.92 Å². The predicted octanol–water partition coefficient (Wildman–Crippen LogP) is 6.64. The number of rotatable bonds is 6. The molecule has 0 bridgehead atoms. The van der Waals surface area contributed by atoms with Gasteiger partial charge in [-0.1, -0.05) is 36.4 Å². The Labute approximate surface area is 197 Å². The van der Waals surface area contributed by atoms with Gasteiger partial charge in [0.2, 0.25) is 0 Å². The molecule has 1 aromatic heterocycles. The number of piperidine rings is 1. The van der Waals surface area contributed by atoms with Gasteiger partial charge in [0.1, 0.15) is 17.2 Å². The number of nitrogens with zero attached hydrogens (tertiary/aromatic N) is 1. The van der Waals surface area contributed by atoms with Gasteiger partial charge in [0.05, 0.1) is 6.54 Å². The van der Waals surface area contributed by atoms with Crippen LogP contribution in [0.2, 0.25) is 0 Å². The van der Waals surface area contributed by atoms with Crippen LogP contribution in [-0.2, 0) is 13.0 Å². The number of furan rings is 1. The SMILES string of the molecule is NCc1cc2cc(-c3ccc(CCN4CCC(F)(F)CC4)cc3)cc(-c3ccc(F)cc3)c2o1. The van der Waals surface area contributed by atoms with Crippen molar-refractivity contribution in [2.45, 2.75) is 31.7 Å². The molecular weight excluding hydrogens is 437 g/mol. The zero-order valence-electron chi connectivity index (χ0n) is 18.9. The van der Waals surface area contributed by atoms with Crippen molar-refractivity contribution in [1.82, 2.24) is 4.90 Å². The second-order valence-corrected chi connectivity index (χ2v) is 9.01. The molecule has 34 heavy (non-hydrogen) atoms. The molecule has 1 fully saturated rings. The summed E-state index contributed by atoms with van der Waals surface area (Å²) in [7, 11) is 0. The number of benzene rings is 3.